The van der Waals surface area contributed by atoms with E-state index in [2.05, 4.69) is 47.0 Å². The average Bonchev–Trinajstić information content (AvgIpc) is 3.34. The average molecular weight is 428 g/mol. The molecule has 1 aliphatic rings. The van der Waals surface area contributed by atoms with Gasteiger partial charge in [0.05, 0.1) is 0 Å². The molecule has 0 radical (unpaired) electrons. The van der Waals surface area contributed by atoms with E-state index in [0.29, 0.717) is 17.8 Å². The van der Waals surface area contributed by atoms with Crippen LogP contribution in [0.2, 0.25) is 0 Å². The summed E-state index contributed by atoms with van der Waals surface area (Å²) in [6, 6.07) is 24.5. The summed E-state index contributed by atoms with van der Waals surface area (Å²) in [6.07, 6.45) is 2.10. The van der Waals surface area contributed by atoms with E-state index < -0.39 is 0 Å². The lowest BCUT2D eigenvalue weighted by atomic mass is 10.0. The minimum Gasteiger partial charge on any atom is -0.339 e. The van der Waals surface area contributed by atoms with E-state index >= 15 is 0 Å². The molecule has 1 heterocycles. The first-order valence-corrected chi connectivity index (χ1v) is 11.1. The van der Waals surface area contributed by atoms with Crippen molar-refractivity contribution in [3.8, 4) is 11.1 Å². The summed E-state index contributed by atoms with van der Waals surface area (Å²) >= 11 is 0. The number of anilines is 1. The Morgan fingerprint density at radius 3 is 2.16 bits per heavy atom. The molecule has 1 aliphatic heterocycles. The zero-order chi connectivity index (χ0) is 22.3. The minimum atomic E-state index is -0.145. The second-order valence-corrected chi connectivity index (χ2v) is 8.27. The maximum absolute atomic E-state index is 12.9. The van der Waals surface area contributed by atoms with Gasteiger partial charge in [0.25, 0.3) is 5.91 Å². The number of likely N-dealkylation sites (tertiary alicyclic amines) is 1. The van der Waals surface area contributed by atoms with E-state index in [9.17, 15) is 9.59 Å². The first-order chi connectivity index (χ1) is 15.6. The monoisotopic (exact) mass is 427 g/mol. The summed E-state index contributed by atoms with van der Waals surface area (Å²) in [5.41, 5.74) is 5.85. The molecule has 3 aromatic carbocycles. The van der Waals surface area contributed by atoms with Gasteiger partial charge in [-0.05, 0) is 53.3 Å². The van der Waals surface area contributed by atoms with E-state index in [0.717, 1.165) is 38.0 Å². The van der Waals surface area contributed by atoms with Crippen LogP contribution in [-0.4, -0.2) is 29.8 Å². The zero-order valence-corrected chi connectivity index (χ0v) is 18.4. The Labute approximate surface area is 189 Å². The Balaban J connectivity index is 1.42. The summed E-state index contributed by atoms with van der Waals surface area (Å²) in [4.78, 5) is 26.3. The highest BCUT2D eigenvalue weighted by atomic mass is 16.2. The molecule has 2 N–H and O–H groups in total. The fourth-order valence-electron chi connectivity index (χ4n) is 4.09. The SMILES string of the molecule is CC(=O)Nc1cc(CNCc2ccc(-c3ccccc3)cc2)cc(C(=O)N2CCCC2)c1. The van der Waals surface area contributed by atoms with Crippen molar-refractivity contribution in [1.82, 2.24) is 10.2 Å². The molecule has 1 fully saturated rings. The number of rotatable bonds is 7. The Kier molecular flexibility index (Phi) is 6.97. The van der Waals surface area contributed by atoms with Crippen LogP contribution in [0.15, 0.2) is 72.8 Å². The minimum absolute atomic E-state index is 0.0347. The standard InChI is InChI=1S/C27H29N3O2/c1-20(31)29-26-16-22(15-25(17-26)27(32)30-13-5-6-14-30)19-28-18-21-9-11-24(12-10-21)23-7-3-2-4-8-23/h2-4,7-12,15-17,28H,5-6,13-14,18-19H2,1H3,(H,29,31). The Bertz CT molecular complexity index is 1070. The van der Waals surface area contributed by atoms with E-state index in [4.69, 9.17) is 0 Å². The molecule has 0 spiro atoms. The second-order valence-electron chi connectivity index (χ2n) is 8.27. The van der Waals surface area contributed by atoms with E-state index in [1.165, 1.54) is 23.6 Å². The number of hydrogen-bond acceptors (Lipinski definition) is 3. The van der Waals surface area contributed by atoms with Crippen molar-refractivity contribution >= 4 is 17.5 Å². The van der Waals surface area contributed by atoms with Crippen LogP contribution >= 0.6 is 0 Å². The van der Waals surface area contributed by atoms with Gasteiger partial charge in [-0.2, -0.15) is 0 Å². The number of nitrogens with zero attached hydrogens (tertiary/aromatic N) is 1. The predicted octanol–water partition coefficient (Wildman–Crippen LogP) is 4.84. The summed E-state index contributed by atoms with van der Waals surface area (Å²) in [5, 5.41) is 6.28. The Morgan fingerprint density at radius 2 is 1.47 bits per heavy atom. The first-order valence-electron chi connectivity index (χ1n) is 11.1. The number of nitrogens with one attached hydrogen (secondary N) is 2. The number of amides is 2. The second kappa shape index (κ2) is 10.2. The Morgan fingerprint density at radius 1 is 0.812 bits per heavy atom. The number of carbonyl (C=O) groups excluding carboxylic acids is 2. The molecule has 164 valence electrons. The van der Waals surface area contributed by atoms with Gasteiger partial charge >= 0.3 is 0 Å². The third-order valence-electron chi connectivity index (χ3n) is 5.67. The molecular weight excluding hydrogens is 398 g/mol. The molecule has 5 nitrogen and oxygen atoms in total. The van der Waals surface area contributed by atoms with Gasteiger partial charge in [-0.15, -0.1) is 0 Å². The summed E-state index contributed by atoms with van der Waals surface area (Å²) < 4.78 is 0. The molecule has 4 rings (SSSR count). The van der Waals surface area contributed by atoms with Gasteiger partial charge in [0.15, 0.2) is 0 Å². The van der Waals surface area contributed by atoms with Gasteiger partial charge < -0.3 is 15.5 Å². The molecular formula is C27H29N3O2. The van der Waals surface area contributed by atoms with Crippen LogP contribution in [0, 0.1) is 0 Å². The third-order valence-corrected chi connectivity index (χ3v) is 5.67. The summed E-state index contributed by atoms with van der Waals surface area (Å²) in [5.74, 6) is -0.111. The highest BCUT2D eigenvalue weighted by Gasteiger charge is 2.20. The molecule has 0 aliphatic carbocycles. The van der Waals surface area contributed by atoms with Crippen molar-refractivity contribution in [2.45, 2.75) is 32.9 Å². The fraction of sp³-hybridized carbons (Fsp3) is 0.259. The highest BCUT2D eigenvalue weighted by Crippen LogP contribution is 2.21. The molecule has 2 amide bonds. The molecule has 0 bridgehead atoms. The van der Waals surface area contributed by atoms with Crippen LogP contribution in [0.4, 0.5) is 5.69 Å². The normalized spacial score (nSPS) is 13.2. The van der Waals surface area contributed by atoms with Crippen LogP contribution < -0.4 is 10.6 Å². The fourth-order valence-corrected chi connectivity index (χ4v) is 4.09. The molecule has 0 saturated carbocycles. The van der Waals surface area contributed by atoms with Crippen molar-refractivity contribution in [3.05, 3.63) is 89.5 Å². The van der Waals surface area contributed by atoms with Gasteiger partial charge in [-0.1, -0.05) is 54.6 Å². The Hall–Kier alpha value is -3.44. The van der Waals surface area contributed by atoms with Gasteiger partial charge in [0, 0.05) is 44.4 Å². The first kappa shape index (κ1) is 21.8. The van der Waals surface area contributed by atoms with Crippen LogP contribution in [0.1, 0.15) is 41.3 Å². The van der Waals surface area contributed by atoms with Gasteiger partial charge in [-0.3, -0.25) is 9.59 Å². The van der Waals surface area contributed by atoms with E-state index in [-0.39, 0.29) is 11.8 Å². The van der Waals surface area contributed by atoms with Crippen molar-refractivity contribution in [2.75, 3.05) is 18.4 Å². The lowest BCUT2D eigenvalue weighted by molar-refractivity contribution is -0.114. The van der Waals surface area contributed by atoms with Crippen molar-refractivity contribution in [2.24, 2.45) is 0 Å². The molecule has 0 atom stereocenters. The van der Waals surface area contributed by atoms with Crippen LogP contribution in [-0.2, 0) is 17.9 Å². The van der Waals surface area contributed by atoms with Crippen molar-refractivity contribution < 1.29 is 9.59 Å². The molecule has 1 saturated heterocycles. The van der Waals surface area contributed by atoms with E-state index in [1.807, 2.05) is 35.2 Å². The van der Waals surface area contributed by atoms with Crippen LogP contribution in [0.3, 0.4) is 0 Å². The van der Waals surface area contributed by atoms with Crippen LogP contribution in [0.25, 0.3) is 11.1 Å². The van der Waals surface area contributed by atoms with Gasteiger partial charge in [0.2, 0.25) is 5.91 Å². The smallest absolute Gasteiger partial charge is 0.253 e. The largest absolute Gasteiger partial charge is 0.339 e. The molecule has 3 aromatic rings. The quantitative estimate of drug-likeness (QED) is 0.567. The number of hydrogen-bond donors (Lipinski definition) is 2. The van der Waals surface area contributed by atoms with E-state index in [1.54, 1.807) is 6.07 Å². The molecule has 32 heavy (non-hydrogen) atoms. The lowest BCUT2D eigenvalue weighted by Crippen LogP contribution is -2.28. The number of benzene rings is 3. The molecule has 0 aromatic heterocycles. The summed E-state index contributed by atoms with van der Waals surface area (Å²) in [6.45, 7) is 4.40. The third kappa shape index (κ3) is 5.62. The maximum atomic E-state index is 12.9. The summed E-state index contributed by atoms with van der Waals surface area (Å²) in [7, 11) is 0. The lowest BCUT2D eigenvalue weighted by Gasteiger charge is -2.17. The van der Waals surface area contributed by atoms with Crippen molar-refractivity contribution in [1.29, 1.82) is 0 Å². The highest BCUT2D eigenvalue weighted by molar-refractivity contribution is 5.97. The van der Waals surface area contributed by atoms with Gasteiger partial charge in [-0.25, -0.2) is 0 Å². The molecule has 5 heteroatoms. The van der Waals surface area contributed by atoms with Crippen LogP contribution in [0.5, 0.6) is 0 Å². The zero-order valence-electron chi connectivity index (χ0n) is 18.4. The van der Waals surface area contributed by atoms with Gasteiger partial charge in [0.1, 0.15) is 0 Å². The van der Waals surface area contributed by atoms with Crippen molar-refractivity contribution in [3.63, 3.8) is 0 Å². The number of carbonyl (C=O) groups is 2. The maximum Gasteiger partial charge on any atom is 0.253 e. The topological polar surface area (TPSA) is 61.4 Å². The predicted molar refractivity (Wildman–Crippen MR) is 128 cm³/mol. The molecule has 0 unspecified atom stereocenters.